The van der Waals surface area contributed by atoms with Crippen LogP contribution in [0.25, 0.3) is 6.08 Å². The Labute approximate surface area is 130 Å². The van der Waals surface area contributed by atoms with Gasteiger partial charge in [-0.3, -0.25) is 19.3 Å². The first kappa shape index (κ1) is 16.0. The summed E-state index contributed by atoms with van der Waals surface area (Å²) in [6.07, 6.45) is 2.45. The zero-order valence-corrected chi connectivity index (χ0v) is 12.4. The molecule has 1 aromatic rings. The Morgan fingerprint density at radius 3 is 2.77 bits per heavy atom. The van der Waals surface area contributed by atoms with Gasteiger partial charge in [0.05, 0.1) is 4.91 Å². The first-order valence-electron chi connectivity index (χ1n) is 6.43. The van der Waals surface area contributed by atoms with Crippen LogP contribution < -0.4 is 5.32 Å². The molecular formula is C15H13FN2O3S. The minimum absolute atomic E-state index is 0.0544. The van der Waals surface area contributed by atoms with Crippen LogP contribution in [0.15, 0.2) is 41.8 Å². The lowest BCUT2D eigenvalue weighted by Gasteiger charge is -2.12. The maximum absolute atomic E-state index is 13.6. The van der Waals surface area contributed by atoms with Gasteiger partial charge in [0.25, 0.3) is 11.1 Å². The van der Waals surface area contributed by atoms with Crippen LogP contribution in [-0.2, 0) is 9.59 Å². The Morgan fingerprint density at radius 2 is 2.09 bits per heavy atom. The zero-order valence-electron chi connectivity index (χ0n) is 11.5. The van der Waals surface area contributed by atoms with Crippen LogP contribution >= 0.6 is 11.8 Å². The molecule has 0 unspecified atom stereocenters. The average Bonchev–Trinajstić information content (AvgIpc) is 2.76. The second-order valence-corrected chi connectivity index (χ2v) is 5.34. The molecule has 114 valence electrons. The Morgan fingerprint density at radius 1 is 1.36 bits per heavy atom. The van der Waals surface area contributed by atoms with Gasteiger partial charge in [-0.25, -0.2) is 4.39 Å². The highest BCUT2D eigenvalue weighted by Crippen LogP contribution is 2.32. The average molecular weight is 320 g/mol. The summed E-state index contributed by atoms with van der Waals surface area (Å²) in [5.41, 5.74) is 0.243. The van der Waals surface area contributed by atoms with Gasteiger partial charge >= 0.3 is 0 Å². The molecule has 1 aliphatic heterocycles. The third-order valence-corrected chi connectivity index (χ3v) is 3.79. The number of benzene rings is 1. The second-order valence-electron chi connectivity index (χ2n) is 4.35. The normalized spacial score (nSPS) is 16.2. The van der Waals surface area contributed by atoms with E-state index in [0.29, 0.717) is 0 Å². The predicted molar refractivity (Wildman–Crippen MR) is 82.3 cm³/mol. The van der Waals surface area contributed by atoms with Crippen molar-refractivity contribution in [3.63, 3.8) is 0 Å². The van der Waals surface area contributed by atoms with Crippen LogP contribution in [0, 0.1) is 5.82 Å². The molecule has 22 heavy (non-hydrogen) atoms. The standard InChI is InChI=1S/C15H13FN2O3S/c1-2-13(19)17-7-8-18-14(20)12(22-15(18)21)9-10-5-3-4-6-11(10)16/h2-6,9H,1,7-8H2,(H,17,19)/b12-9-. The van der Waals surface area contributed by atoms with E-state index >= 15 is 0 Å². The monoisotopic (exact) mass is 320 g/mol. The molecule has 0 saturated carbocycles. The summed E-state index contributed by atoms with van der Waals surface area (Å²) in [5, 5.41) is 2.04. The van der Waals surface area contributed by atoms with Crippen molar-refractivity contribution in [2.24, 2.45) is 0 Å². The summed E-state index contributed by atoms with van der Waals surface area (Å²) in [4.78, 5) is 36.1. The van der Waals surface area contributed by atoms with Crippen LogP contribution in [0.2, 0.25) is 0 Å². The Hall–Kier alpha value is -2.41. The van der Waals surface area contributed by atoms with Gasteiger partial charge in [0.15, 0.2) is 0 Å². The molecule has 0 spiro atoms. The van der Waals surface area contributed by atoms with Crippen molar-refractivity contribution in [2.75, 3.05) is 13.1 Å². The van der Waals surface area contributed by atoms with E-state index in [1.165, 1.54) is 18.2 Å². The van der Waals surface area contributed by atoms with Crippen molar-refractivity contribution in [3.05, 3.63) is 53.2 Å². The van der Waals surface area contributed by atoms with Crippen LogP contribution in [0.3, 0.4) is 0 Å². The van der Waals surface area contributed by atoms with Gasteiger partial charge in [-0.2, -0.15) is 0 Å². The molecule has 7 heteroatoms. The topological polar surface area (TPSA) is 66.5 Å². The molecule has 1 aliphatic rings. The first-order valence-corrected chi connectivity index (χ1v) is 7.24. The summed E-state index contributed by atoms with van der Waals surface area (Å²) in [6.45, 7) is 3.49. The van der Waals surface area contributed by atoms with E-state index in [9.17, 15) is 18.8 Å². The number of halogens is 1. The Kier molecular flexibility index (Phi) is 5.11. The number of carbonyl (C=O) groups excluding carboxylic acids is 3. The molecule has 0 atom stereocenters. The largest absolute Gasteiger partial charge is 0.351 e. The van der Waals surface area contributed by atoms with Crippen LogP contribution in [0.1, 0.15) is 5.56 Å². The van der Waals surface area contributed by atoms with Crippen molar-refractivity contribution in [2.45, 2.75) is 0 Å². The first-order chi connectivity index (χ1) is 10.5. The van der Waals surface area contributed by atoms with E-state index < -0.39 is 17.0 Å². The van der Waals surface area contributed by atoms with Crippen molar-refractivity contribution >= 4 is 34.9 Å². The number of imide groups is 1. The van der Waals surface area contributed by atoms with E-state index in [-0.39, 0.29) is 29.5 Å². The third-order valence-electron chi connectivity index (χ3n) is 2.89. The fourth-order valence-electron chi connectivity index (χ4n) is 1.79. The molecule has 3 amide bonds. The van der Waals surface area contributed by atoms with Gasteiger partial charge in [-0.05, 0) is 30.0 Å². The number of hydrogen-bond acceptors (Lipinski definition) is 4. The van der Waals surface area contributed by atoms with Crippen LogP contribution in [0.5, 0.6) is 0 Å². The van der Waals surface area contributed by atoms with Crippen molar-refractivity contribution in [1.82, 2.24) is 10.2 Å². The fourth-order valence-corrected chi connectivity index (χ4v) is 2.65. The molecule has 1 fully saturated rings. The molecule has 0 bridgehead atoms. The molecule has 2 rings (SSSR count). The molecule has 1 aromatic carbocycles. The minimum atomic E-state index is -0.494. The second kappa shape index (κ2) is 7.04. The zero-order chi connectivity index (χ0) is 16.1. The highest BCUT2D eigenvalue weighted by Gasteiger charge is 2.34. The predicted octanol–water partition coefficient (Wildman–Crippen LogP) is 2.16. The van der Waals surface area contributed by atoms with Gasteiger partial charge in [-0.15, -0.1) is 0 Å². The highest BCUT2D eigenvalue weighted by atomic mass is 32.2. The molecule has 0 aromatic heterocycles. The van der Waals surface area contributed by atoms with E-state index in [4.69, 9.17) is 0 Å². The van der Waals surface area contributed by atoms with Crippen LogP contribution in [0.4, 0.5) is 9.18 Å². The summed E-state index contributed by atoms with van der Waals surface area (Å²) in [6, 6.07) is 5.99. The number of hydrogen-bond donors (Lipinski definition) is 1. The SMILES string of the molecule is C=CC(=O)NCCN1C(=O)S/C(=C\c2ccccc2F)C1=O. The minimum Gasteiger partial charge on any atom is -0.351 e. The van der Waals surface area contributed by atoms with E-state index in [1.807, 2.05) is 0 Å². The lowest BCUT2D eigenvalue weighted by atomic mass is 10.2. The van der Waals surface area contributed by atoms with Gasteiger partial charge in [0.1, 0.15) is 5.82 Å². The molecule has 0 aliphatic carbocycles. The number of carbonyl (C=O) groups is 3. The highest BCUT2D eigenvalue weighted by molar-refractivity contribution is 8.18. The number of rotatable bonds is 5. The maximum Gasteiger partial charge on any atom is 0.293 e. The Balaban J connectivity index is 2.07. The van der Waals surface area contributed by atoms with Crippen molar-refractivity contribution in [1.29, 1.82) is 0 Å². The molecule has 1 saturated heterocycles. The molecule has 0 radical (unpaired) electrons. The quantitative estimate of drug-likeness (QED) is 0.844. The van der Waals surface area contributed by atoms with Crippen LogP contribution in [-0.4, -0.2) is 35.0 Å². The van der Waals surface area contributed by atoms with Gasteiger partial charge in [0, 0.05) is 18.7 Å². The van der Waals surface area contributed by atoms with E-state index in [0.717, 1.165) is 22.7 Å². The van der Waals surface area contributed by atoms with Gasteiger partial charge in [0.2, 0.25) is 5.91 Å². The molecule has 1 heterocycles. The molecular weight excluding hydrogens is 307 g/mol. The number of thioether (sulfide) groups is 1. The fraction of sp³-hybridized carbons (Fsp3) is 0.133. The smallest absolute Gasteiger partial charge is 0.293 e. The van der Waals surface area contributed by atoms with Crippen molar-refractivity contribution in [3.8, 4) is 0 Å². The summed E-state index contributed by atoms with van der Waals surface area (Å²) < 4.78 is 13.6. The molecule has 1 N–H and O–H groups in total. The van der Waals surface area contributed by atoms with Gasteiger partial charge in [-0.1, -0.05) is 24.8 Å². The third kappa shape index (κ3) is 3.62. The molecule has 5 nitrogen and oxygen atoms in total. The Bertz CT molecular complexity index is 673. The summed E-state index contributed by atoms with van der Waals surface area (Å²) >= 11 is 0.749. The number of nitrogens with zero attached hydrogens (tertiary/aromatic N) is 1. The number of amides is 3. The van der Waals surface area contributed by atoms with Gasteiger partial charge < -0.3 is 5.32 Å². The van der Waals surface area contributed by atoms with E-state index in [1.54, 1.807) is 12.1 Å². The summed E-state index contributed by atoms with van der Waals surface area (Å²) in [5.74, 6) is -1.34. The number of nitrogens with one attached hydrogen (secondary N) is 1. The van der Waals surface area contributed by atoms with Crippen molar-refractivity contribution < 1.29 is 18.8 Å². The summed E-state index contributed by atoms with van der Waals surface area (Å²) in [7, 11) is 0. The van der Waals surface area contributed by atoms with E-state index in [2.05, 4.69) is 11.9 Å². The lowest BCUT2D eigenvalue weighted by Crippen LogP contribution is -2.36. The lowest BCUT2D eigenvalue weighted by molar-refractivity contribution is -0.123. The maximum atomic E-state index is 13.6.